The van der Waals surface area contributed by atoms with Crippen molar-refractivity contribution in [1.29, 1.82) is 0 Å². The monoisotopic (exact) mass is 429 g/mol. The number of hydrogen-bond donors (Lipinski definition) is 3. The van der Waals surface area contributed by atoms with Gasteiger partial charge in [0.2, 0.25) is 15.9 Å². The lowest BCUT2D eigenvalue weighted by molar-refractivity contribution is -0.114. The Balaban J connectivity index is 1.88. The molecule has 0 fully saturated rings. The predicted octanol–water partition coefficient (Wildman–Crippen LogP) is 2.66. The van der Waals surface area contributed by atoms with E-state index in [1.807, 2.05) is 0 Å². The highest BCUT2D eigenvalue weighted by molar-refractivity contribution is 7.89. The highest BCUT2D eigenvalue weighted by atomic mass is 35.5. The SMILES string of the molecule is CC(=O)Nc1ccc(C(=O)NCCNS(=O)(=O)c2cc(Cl)ccc2Cl)cc1. The summed E-state index contributed by atoms with van der Waals surface area (Å²) in [6.07, 6.45) is 0. The van der Waals surface area contributed by atoms with Gasteiger partial charge in [0.1, 0.15) is 4.90 Å². The first kappa shape index (κ1) is 21.2. The molecule has 0 saturated carbocycles. The van der Waals surface area contributed by atoms with Crippen LogP contribution in [0.2, 0.25) is 10.0 Å². The zero-order chi connectivity index (χ0) is 20.0. The summed E-state index contributed by atoms with van der Waals surface area (Å²) in [6, 6.07) is 10.4. The molecule has 10 heteroatoms. The number of amides is 2. The minimum atomic E-state index is -3.85. The van der Waals surface area contributed by atoms with Gasteiger partial charge in [0.25, 0.3) is 5.91 Å². The molecule has 2 aromatic rings. The van der Waals surface area contributed by atoms with Crippen molar-refractivity contribution in [3.63, 3.8) is 0 Å². The van der Waals surface area contributed by atoms with E-state index in [4.69, 9.17) is 23.2 Å². The Morgan fingerprint density at radius 1 is 1.00 bits per heavy atom. The number of nitrogens with one attached hydrogen (secondary N) is 3. The number of rotatable bonds is 7. The Labute approximate surface area is 167 Å². The van der Waals surface area contributed by atoms with Crippen LogP contribution in [0, 0.1) is 0 Å². The van der Waals surface area contributed by atoms with Crippen LogP contribution in [-0.4, -0.2) is 33.3 Å². The van der Waals surface area contributed by atoms with Gasteiger partial charge in [-0.05, 0) is 42.5 Å². The number of carbonyl (C=O) groups is 2. The molecule has 2 rings (SSSR count). The number of sulfonamides is 1. The van der Waals surface area contributed by atoms with Gasteiger partial charge in [-0.3, -0.25) is 9.59 Å². The number of carbonyl (C=O) groups excluding carboxylic acids is 2. The second-order valence-corrected chi connectivity index (χ2v) is 8.07. The standard InChI is InChI=1S/C17H17Cl2N3O4S/c1-11(23)22-14-5-2-12(3-6-14)17(24)20-8-9-21-27(25,26)16-10-13(18)4-7-15(16)19/h2-7,10,21H,8-9H2,1H3,(H,20,24)(H,22,23). The van der Waals surface area contributed by atoms with E-state index in [0.29, 0.717) is 11.3 Å². The maximum absolute atomic E-state index is 12.2. The molecule has 0 saturated heterocycles. The molecular formula is C17H17Cl2N3O4S. The average Bonchev–Trinajstić information content (AvgIpc) is 2.60. The van der Waals surface area contributed by atoms with E-state index >= 15 is 0 Å². The third kappa shape index (κ3) is 6.21. The lowest BCUT2D eigenvalue weighted by Crippen LogP contribution is -2.34. The lowest BCUT2D eigenvalue weighted by atomic mass is 10.2. The molecule has 0 aromatic heterocycles. The van der Waals surface area contributed by atoms with Gasteiger partial charge < -0.3 is 10.6 Å². The van der Waals surface area contributed by atoms with Gasteiger partial charge in [-0.2, -0.15) is 0 Å². The fourth-order valence-electron chi connectivity index (χ4n) is 2.13. The van der Waals surface area contributed by atoms with Gasteiger partial charge in [0, 0.05) is 36.3 Å². The molecule has 0 aliphatic carbocycles. The fourth-order valence-corrected chi connectivity index (χ4v) is 3.92. The summed E-state index contributed by atoms with van der Waals surface area (Å²) in [5.41, 5.74) is 0.954. The van der Waals surface area contributed by atoms with Crippen molar-refractivity contribution in [3.05, 3.63) is 58.1 Å². The summed E-state index contributed by atoms with van der Waals surface area (Å²) in [4.78, 5) is 22.9. The first-order chi connectivity index (χ1) is 12.7. The third-order valence-electron chi connectivity index (χ3n) is 3.35. The van der Waals surface area contributed by atoms with Gasteiger partial charge in [-0.15, -0.1) is 0 Å². The van der Waals surface area contributed by atoms with Crippen LogP contribution in [0.25, 0.3) is 0 Å². The second kappa shape index (κ2) is 9.18. The molecule has 2 amide bonds. The molecule has 0 aliphatic heterocycles. The van der Waals surface area contributed by atoms with Gasteiger partial charge in [-0.25, -0.2) is 13.1 Å². The molecule has 0 aliphatic rings. The van der Waals surface area contributed by atoms with Gasteiger partial charge in [-0.1, -0.05) is 23.2 Å². The fraction of sp³-hybridized carbons (Fsp3) is 0.176. The van der Waals surface area contributed by atoms with Crippen molar-refractivity contribution in [2.75, 3.05) is 18.4 Å². The average molecular weight is 430 g/mol. The second-order valence-electron chi connectivity index (χ2n) is 5.49. The third-order valence-corrected chi connectivity index (χ3v) is 5.53. The summed E-state index contributed by atoms with van der Waals surface area (Å²) in [5.74, 6) is -0.580. The molecule has 0 atom stereocenters. The smallest absolute Gasteiger partial charge is 0.251 e. The molecule has 0 unspecified atom stereocenters. The van der Waals surface area contributed by atoms with Crippen LogP contribution in [0.5, 0.6) is 0 Å². The molecule has 0 spiro atoms. The zero-order valence-electron chi connectivity index (χ0n) is 14.3. The number of benzene rings is 2. The molecule has 0 heterocycles. The van der Waals surface area contributed by atoms with Crippen molar-refractivity contribution < 1.29 is 18.0 Å². The Morgan fingerprint density at radius 3 is 2.30 bits per heavy atom. The van der Waals surface area contributed by atoms with E-state index in [9.17, 15) is 18.0 Å². The number of anilines is 1. The van der Waals surface area contributed by atoms with Crippen molar-refractivity contribution in [2.45, 2.75) is 11.8 Å². The minimum absolute atomic E-state index is 0.0269. The predicted molar refractivity (Wildman–Crippen MR) is 105 cm³/mol. The molecule has 27 heavy (non-hydrogen) atoms. The van der Waals surface area contributed by atoms with Crippen LogP contribution in [0.4, 0.5) is 5.69 Å². The topological polar surface area (TPSA) is 104 Å². The molecule has 0 bridgehead atoms. The Hall–Kier alpha value is -2.13. The van der Waals surface area contributed by atoms with Crippen LogP contribution in [0.3, 0.4) is 0 Å². The van der Waals surface area contributed by atoms with Crippen molar-refractivity contribution >= 4 is 50.7 Å². The van der Waals surface area contributed by atoms with E-state index in [2.05, 4.69) is 15.4 Å². The number of hydrogen-bond acceptors (Lipinski definition) is 4. The highest BCUT2D eigenvalue weighted by Crippen LogP contribution is 2.24. The first-order valence-corrected chi connectivity index (χ1v) is 10.0. The molecule has 3 N–H and O–H groups in total. The van der Waals surface area contributed by atoms with Crippen molar-refractivity contribution in [1.82, 2.24) is 10.0 Å². The maximum atomic E-state index is 12.2. The zero-order valence-corrected chi connectivity index (χ0v) is 16.6. The summed E-state index contributed by atoms with van der Waals surface area (Å²) in [5, 5.41) is 5.49. The first-order valence-electron chi connectivity index (χ1n) is 7.79. The lowest BCUT2D eigenvalue weighted by Gasteiger charge is -2.10. The van der Waals surface area contributed by atoms with E-state index in [0.717, 1.165) is 0 Å². The van der Waals surface area contributed by atoms with E-state index in [1.165, 1.54) is 25.1 Å². The summed E-state index contributed by atoms with van der Waals surface area (Å²) < 4.78 is 26.8. The largest absolute Gasteiger partial charge is 0.351 e. The van der Waals surface area contributed by atoms with Crippen LogP contribution in [0.1, 0.15) is 17.3 Å². The van der Waals surface area contributed by atoms with Crippen LogP contribution in [-0.2, 0) is 14.8 Å². The Bertz CT molecular complexity index is 947. The Kier molecular flexibility index (Phi) is 7.20. The van der Waals surface area contributed by atoms with Crippen molar-refractivity contribution in [3.8, 4) is 0 Å². The molecule has 144 valence electrons. The molecular weight excluding hydrogens is 413 g/mol. The minimum Gasteiger partial charge on any atom is -0.351 e. The normalized spacial score (nSPS) is 11.1. The summed E-state index contributed by atoms with van der Waals surface area (Å²) in [6.45, 7) is 1.43. The maximum Gasteiger partial charge on any atom is 0.251 e. The van der Waals surface area contributed by atoms with Gasteiger partial charge in [0.15, 0.2) is 0 Å². The van der Waals surface area contributed by atoms with Gasteiger partial charge in [0.05, 0.1) is 5.02 Å². The molecule has 2 aromatic carbocycles. The van der Waals surface area contributed by atoms with E-state index in [1.54, 1.807) is 24.3 Å². The quantitative estimate of drug-likeness (QED) is 0.588. The highest BCUT2D eigenvalue weighted by Gasteiger charge is 2.18. The summed E-state index contributed by atoms with van der Waals surface area (Å²) in [7, 11) is -3.85. The van der Waals surface area contributed by atoms with Crippen LogP contribution in [0.15, 0.2) is 47.4 Å². The number of halogens is 2. The molecule has 0 radical (unpaired) electrons. The van der Waals surface area contributed by atoms with Crippen LogP contribution < -0.4 is 15.4 Å². The van der Waals surface area contributed by atoms with E-state index < -0.39 is 10.0 Å². The Morgan fingerprint density at radius 2 is 1.67 bits per heavy atom. The van der Waals surface area contributed by atoms with Crippen molar-refractivity contribution in [2.24, 2.45) is 0 Å². The summed E-state index contributed by atoms with van der Waals surface area (Å²) >= 11 is 11.7. The van der Waals surface area contributed by atoms with Gasteiger partial charge >= 0.3 is 0 Å². The molecule has 7 nitrogen and oxygen atoms in total. The van der Waals surface area contributed by atoms with E-state index in [-0.39, 0.29) is 39.8 Å². The van der Waals surface area contributed by atoms with Crippen LogP contribution >= 0.6 is 23.2 Å².